The number of hydrogen-bond donors (Lipinski definition) is 0. The number of amides is 1. The van der Waals surface area contributed by atoms with Gasteiger partial charge < -0.3 is 14.2 Å². The van der Waals surface area contributed by atoms with Gasteiger partial charge in [-0.15, -0.1) is 0 Å². The Labute approximate surface area is 88.0 Å². The zero-order chi connectivity index (χ0) is 10.8. The summed E-state index contributed by atoms with van der Waals surface area (Å²) < 4.78 is 10.2. The summed E-state index contributed by atoms with van der Waals surface area (Å²) in [4.78, 5) is 13.6. The van der Waals surface area contributed by atoms with Crippen LogP contribution in [-0.4, -0.2) is 41.8 Å². The first-order valence-electron chi connectivity index (χ1n) is 5.01. The van der Waals surface area contributed by atoms with E-state index in [4.69, 9.17) is 9.26 Å². The fourth-order valence-corrected chi connectivity index (χ4v) is 1.63. The molecule has 2 heterocycles. The highest BCUT2D eigenvalue weighted by Crippen LogP contribution is 2.10. The molecule has 0 radical (unpaired) electrons. The van der Waals surface area contributed by atoms with E-state index in [0.29, 0.717) is 31.2 Å². The molecule has 1 aliphatic heterocycles. The van der Waals surface area contributed by atoms with Gasteiger partial charge in [-0.2, -0.15) is 0 Å². The van der Waals surface area contributed by atoms with Gasteiger partial charge in [0.25, 0.3) is 5.91 Å². The lowest BCUT2D eigenvalue weighted by atomic mass is 10.2. The van der Waals surface area contributed by atoms with Crippen LogP contribution in [0.5, 0.6) is 0 Å². The van der Waals surface area contributed by atoms with Crippen LogP contribution in [0.15, 0.2) is 10.6 Å². The maximum Gasteiger partial charge on any atom is 0.276 e. The van der Waals surface area contributed by atoms with Gasteiger partial charge in [0.05, 0.1) is 12.7 Å². The van der Waals surface area contributed by atoms with E-state index in [0.717, 1.165) is 0 Å². The van der Waals surface area contributed by atoms with E-state index in [9.17, 15) is 4.79 Å². The van der Waals surface area contributed by atoms with Crippen LogP contribution in [0.2, 0.25) is 0 Å². The molecule has 5 nitrogen and oxygen atoms in total. The summed E-state index contributed by atoms with van der Waals surface area (Å²) in [6, 6.07) is 1.66. The van der Waals surface area contributed by atoms with Crippen molar-refractivity contribution < 1.29 is 14.1 Å². The standard InChI is InChI=1S/C10H14N2O3/c1-7-5-9(11-15-7)10(13)12-3-4-14-8(2)6-12/h5,8H,3-4,6H2,1-2H3. The first kappa shape index (κ1) is 10.2. The third kappa shape index (κ3) is 2.18. The monoisotopic (exact) mass is 210 g/mol. The maximum atomic E-state index is 11.9. The Morgan fingerprint density at radius 3 is 3.07 bits per heavy atom. The fraction of sp³-hybridized carbons (Fsp3) is 0.600. The predicted octanol–water partition coefficient (Wildman–Crippen LogP) is 0.844. The van der Waals surface area contributed by atoms with Gasteiger partial charge in [0.2, 0.25) is 0 Å². The minimum Gasteiger partial charge on any atom is -0.375 e. The lowest BCUT2D eigenvalue weighted by Crippen LogP contribution is -2.44. The fourth-order valence-electron chi connectivity index (χ4n) is 1.63. The van der Waals surface area contributed by atoms with E-state index < -0.39 is 0 Å². The van der Waals surface area contributed by atoms with Gasteiger partial charge in [0.1, 0.15) is 5.76 Å². The van der Waals surface area contributed by atoms with Gasteiger partial charge in [-0.1, -0.05) is 5.16 Å². The highest BCUT2D eigenvalue weighted by atomic mass is 16.5. The number of carbonyl (C=O) groups is 1. The molecule has 82 valence electrons. The Morgan fingerprint density at radius 2 is 2.47 bits per heavy atom. The number of morpholine rings is 1. The van der Waals surface area contributed by atoms with Gasteiger partial charge in [0, 0.05) is 19.2 Å². The molecule has 5 heteroatoms. The smallest absolute Gasteiger partial charge is 0.276 e. The van der Waals surface area contributed by atoms with Crippen LogP contribution in [0.4, 0.5) is 0 Å². The SMILES string of the molecule is Cc1cc(C(=O)N2CCOC(C)C2)no1. The molecule has 15 heavy (non-hydrogen) atoms. The molecular weight excluding hydrogens is 196 g/mol. The molecule has 1 unspecified atom stereocenters. The molecule has 1 aromatic rings. The third-order valence-electron chi connectivity index (χ3n) is 2.38. The summed E-state index contributed by atoms with van der Waals surface area (Å²) in [5, 5.41) is 3.71. The Morgan fingerprint density at radius 1 is 1.67 bits per heavy atom. The molecule has 1 fully saturated rings. The highest BCUT2D eigenvalue weighted by Gasteiger charge is 2.24. The Balaban J connectivity index is 2.07. The second kappa shape index (κ2) is 4.02. The molecule has 0 bridgehead atoms. The maximum absolute atomic E-state index is 11.9. The van der Waals surface area contributed by atoms with Crippen LogP contribution in [0.1, 0.15) is 23.2 Å². The quantitative estimate of drug-likeness (QED) is 0.689. The number of aryl methyl sites for hydroxylation is 1. The molecule has 0 N–H and O–H groups in total. The molecule has 0 spiro atoms. The summed E-state index contributed by atoms with van der Waals surface area (Å²) in [6.07, 6.45) is 0.0932. The molecule has 0 aromatic carbocycles. The summed E-state index contributed by atoms with van der Waals surface area (Å²) in [5.74, 6) is 0.571. The number of ether oxygens (including phenoxy) is 1. The van der Waals surface area contributed by atoms with E-state index in [1.807, 2.05) is 6.92 Å². The molecule has 1 aliphatic rings. The van der Waals surface area contributed by atoms with Crippen LogP contribution in [0.3, 0.4) is 0 Å². The van der Waals surface area contributed by atoms with E-state index in [1.54, 1.807) is 17.9 Å². The molecule has 0 aliphatic carbocycles. The van der Waals surface area contributed by atoms with E-state index in [2.05, 4.69) is 5.16 Å². The Kier molecular flexibility index (Phi) is 2.73. The molecule has 0 saturated carbocycles. The zero-order valence-corrected chi connectivity index (χ0v) is 8.90. The lowest BCUT2D eigenvalue weighted by Gasteiger charge is -2.30. The van der Waals surface area contributed by atoms with E-state index >= 15 is 0 Å². The van der Waals surface area contributed by atoms with Crippen LogP contribution < -0.4 is 0 Å². The van der Waals surface area contributed by atoms with Crippen molar-refractivity contribution in [1.82, 2.24) is 10.1 Å². The minimum absolute atomic E-state index is 0.0815. The molecule has 1 aromatic heterocycles. The van der Waals surface area contributed by atoms with Crippen molar-refractivity contribution in [2.45, 2.75) is 20.0 Å². The lowest BCUT2D eigenvalue weighted by molar-refractivity contribution is -0.0127. The Bertz CT molecular complexity index is 361. The highest BCUT2D eigenvalue weighted by molar-refractivity contribution is 5.92. The van der Waals surface area contributed by atoms with E-state index in [-0.39, 0.29) is 12.0 Å². The molecule has 1 atom stereocenters. The number of carbonyl (C=O) groups excluding carboxylic acids is 1. The normalized spacial score (nSPS) is 21.7. The van der Waals surface area contributed by atoms with Gasteiger partial charge in [-0.05, 0) is 13.8 Å². The van der Waals surface area contributed by atoms with Crippen molar-refractivity contribution in [2.24, 2.45) is 0 Å². The van der Waals surface area contributed by atoms with Crippen molar-refractivity contribution in [2.75, 3.05) is 19.7 Å². The number of hydrogen-bond acceptors (Lipinski definition) is 4. The van der Waals surface area contributed by atoms with Crippen LogP contribution in [0.25, 0.3) is 0 Å². The average Bonchev–Trinajstić information content (AvgIpc) is 2.64. The summed E-state index contributed by atoms with van der Waals surface area (Å²) in [6.45, 7) is 5.54. The third-order valence-corrected chi connectivity index (χ3v) is 2.38. The number of nitrogens with zero attached hydrogens (tertiary/aromatic N) is 2. The first-order valence-corrected chi connectivity index (χ1v) is 5.01. The summed E-state index contributed by atoms with van der Waals surface area (Å²) in [5.41, 5.74) is 0.376. The van der Waals surface area contributed by atoms with Crippen LogP contribution >= 0.6 is 0 Å². The Hall–Kier alpha value is -1.36. The summed E-state index contributed by atoms with van der Waals surface area (Å²) >= 11 is 0. The molecule has 1 amide bonds. The zero-order valence-electron chi connectivity index (χ0n) is 8.90. The van der Waals surface area contributed by atoms with E-state index in [1.165, 1.54) is 0 Å². The minimum atomic E-state index is -0.0815. The van der Waals surface area contributed by atoms with Crippen molar-refractivity contribution in [3.05, 3.63) is 17.5 Å². The summed E-state index contributed by atoms with van der Waals surface area (Å²) in [7, 11) is 0. The first-order chi connectivity index (χ1) is 7.16. The van der Waals surface area contributed by atoms with Gasteiger partial charge in [-0.25, -0.2) is 0 Å². The molecule has 1 saturated heterocycles. The average molecular weight is 210 g/mol. The topological polar surface area (TPSA) is 55.6 Å². The number of aromatic nitrogens is 1. The van der Waals surface area contributed by atoms with Crippen molar-refractivity contribution >= 4 is 5.91 Å². The van der Waals surface area contributed by atoms with Gasteiger partial charge >= 0.3 is 0 Å². The van der Waals surface area contributed by atoms with Crippen molar-refractivity contribution in [3.8, 4) is 0 Å². The predicted molar refractivity (Wildman–Crippen MR) is 52.6 cm³/mol. The van der Waals surface area contributed by atoms with Crippen LogP contribution in [-0.2, 0) is 4.74 Å². The van der Waals surface area contributed by atoms with Gasteiger partial charge in [0.15, 0.2) is 5.69 Å². The molecule has 2 rings (SSSR count). The number of rotatable bonds is 1. The van der Waals surface area contributed by atoms with Gasteiger partial charge in [-0.3, -0.25) is 4.79 Å². The van der Waals surface area contributed by atoms with Crippen molar-refractivity contribution in [1.29, 1.82) is 0 Å². The van der Waals surface area contributed by atoms with Crippen LogP contribution in [0, 0.1) is 6.92 Å². The second-order valence-corrected chi connectivity index (χ2v) is 3.76. The molecular formula is C10H14N2O3. The largest absolute Gasteiger partial charge is 0.375 e. The second-order valence-electron chi connectivity index (χ2n) is 3.76. The van der Waals surface area contributed by atoms with Crippen molar-refractivity contribution in [3.63, 3.8) is 0 Å².